The molecule has 2 aromatic rings. The van der Waals surface area contributed by atoms with Gasteiger partial charge in [0.1, 0.15) is 0 Å². The largest absolute Gasteiger partial charge is 0.397 e. The fraction of sp³-hybridized carbons (Fsp3) is 0.154. The zero-order chi connectivity index (χ0) is 14.9. The predicted octanol–water partition coefficient (Wildman–Crippen LogP) is 0.255. The highest BCUT2D eigenvalue weighted by Crippen LogP contribution is 2.19. The van der Waals surface area contributed by atoms with Gasteiger partial charge in [-0.2, -0.15) is 5.10 Å². The Morgan fingerprint density at radius 3 is 2.50 bits per heavy atom. The Kier molecular flexibility index (Phi) is 3.43. The minimum Gasteiger partial charge on any atom is -0.397 e. The summed E-state index contributed by atoms with van der Waals surface area (Å²) in [6, 6.07) is 4.88. The third kappa shape index (κ3) is 2.46. The van der Waals surface area contributed by atoms with Crippen molar-refractivity contribution in [2.24, 2.45) is 5.73 Å². The molecule has 0 atom stereocenters. The minimum atomic E-state index is -0.574. The Balaban J connectivity index is 2.47. The molecule has 0 unspecified atom stereocenters. The molecule has 0 fully saturated rings. The molecule has 20 heavy (non-hydrogen) atoms. The van der Waals surface area contributed by atoms with Crippen LogP contribution in [0.3, 0.4) is 0 Å². The fourth-order valence-electron chi connectivity index (χ4n) is 1.72. The van der Waals surface area contributed by atoms with Gasteiger partial charge in [-0.1, -0.05) is 0 Å². The van der Waals surface area contributed by atoms with Crippen LogP contribution in [-0.2, 0) is 0 Å². The van der Waals surface area contributed by atoms with Gasteiger partial charge in [-0.05, 0) is 18.2 Å². The Morgan fingerprint density at radius 1 is 1.25 bits per heavy atom. The number of anilines is 1. The number of rotatable bonds is 3. The molecule has 1 heterocycles. The van der Waals surface area contributed by atoms with E-state index in [1.807, 2.05) is 0 Å². The summed E-state index contributed by atoms with van der Waals surface area (Å²) in [5.41, 5.74) is 12.8. The lowest BCUT2D eigenvalue weighted by atomic mass is 10.1. The lowest BCUT2D eigenvalue weighted by molar-refractivity contribution is 0.0827. The zero-order valence-corrected chi connectivity index (χ0v) is 11.2. The summed E-state index contributed by atoms with van der Waals surface area (Å²) in [6.45, 7) is 0. The number of hydrogen-bond acceptors (Lipinski definition) is 4. The lowest BCUT2D eigenvalue weighted by Crippen LogP contribution is -2.22. The Hall–Kier alpha value is -2.83. The standard InChI is InChI=1S/C13H15N5O2/c1-17(2)13(20)8-3-4-10(14)11(5-8)18-7-9(6-16-18)12(15)19/h3-7H,14H2,1-2H3,(H2,15,19). The normalized spacial score (nSPS) is 10.3. The quantitative estimate of drug-likeness (QED) is 0.782. The molecule has 2 amide bonds. The highest BCUT2D eigenvalue weighted by Gasteiger charge is 2.13. The molecule has 7 heteroatoms. The van der Waals surface area contributed by atoms with Gasteiger partial charge in [-0.15, -0.1) is 0 Å². The zero-order valence-electron chi connectivity index (χ0n) is 11.2. The number of carbonyl (C=O) groups is 2. The fourth-order valence-corrected chi connectivity index (χ4v) is 1.72. The smallest absolute Gasteiger partial charge is 0.253 e. The number of aromatic nitrogens is 2. The van der Waals surface area contributed by atoms with E-state index in [1.165, 1.54) is 22.0 Å². The minimum absolute atomic E-state index is 0.145. The van der Waals surface area contributed by atoms with E-state index in [9.17, 15) is 9.59 Å². The summed E-state index contributed by atoms with van der Waals surface area (Å²) in [4.78, 5) is 24.5. The first kappa shape index (κ1) is 13.6. The van der Waals surface area contributed by atoms with Crippen LogP contribution < -0.4 is 11.5 Å². The van der Waals surface area contributed by atoms with Crippen LogP contribution in [0.15, 0.2) is 30.6 Å². The van der Waals surface area contributed by atoms with E-state index in [4.69, 9.17) is 11.5 Å². The van der Waals surface area contributed by atoms with Gasteiger partial charge in [0.2, 0.25) is 0 Å². The lowest BCUT2D eigenvalue weighted by Gasteiger charge is -2.12. The van der Waals surface area contributed by atoms with Crippen LogP contribution in [0.4, 0.5) is 5.69 Å². The molecule has 7 nitrogen and oxygen atoms in total. The van der Waals surface area contributed by atoms with Gasteiger partial charge < -0.3 is 16.4 Å². The summed E-state index contributed by atoms with van der Waals surface area (Å²) < 4.78 is 1.42. The van der Waals surface area contributed by atoms with E-state index >= 15 is 0 Å². The summed E-state index contributed by atoms with van der Waals surface area (Å²) in [5, 5.41) is 4.02. The van der Waals surface area contributed by atoms with Gasteiger partial charge in [0.25, 0.3) is 11.8 Å². The first-order valence-electron chi connectivity index (χ1n) is 5.86. The molecule has 0 saturated carbocycles. The molecule has 4 N–H and O–H groups in total. The van der Waals surface area contributed by atoms with E-state index in [0.717, 1.165) is 0 Å². The average molecular weight is 273 g/mol. The molecule has 104 valence electrons. The summed E-state index contributed by atoms with van der Waals surface area (Å²) >= 11 is 0. The molecule has 2 rings (SSSR count). The van der Waals surface area contributed by atoms with Gasteiger partial charge in [0.15, 0.2) is 0 Å². The molecular formula is C13H15N5O2. The van der Waals surface area contributed by atoms with Crippen molar-refractivity contribution in [2.75, 3.05) is 19.8 Å². The number of nitrogens with zero attached hydrogens (tertiary/aromatic N) is 3. The summed E-state index contributed by atoms with van der Waals surface area (Å²) in [5.74, 6) is -0.719. The highest BCUT2D eigenvalue weighted by molar-refractivity contribution is 5.95. The van der Waals surface area contributed by atoms with Crippen molar-refractivity contribution in [1.29, 1.82) is 0 Å². The molecule has 0 radical (unpaired) electrons. The van der Waals surface area contributed by atoms with Crippen molar-refractivity contribution in [3.05, 3.63) is 41.7 Å². The van der Waals surface area contributed by atoms with Crippen LogP contribution in [0.25, 0.3) is 5.69 Å². The topological polar surface area (TPSA) is 107 Å². The summed E-state index contributed by atoms with van der Waals surface area (Å²) in [7, 11) is 3.33. The van der Waals surface area contributed by atoms with Crippen LogP contribution in [0, 0.1) is 0 Å². The third-order valence-electron chi connectivity index (χ3n) is 2.80. The molecule has 0 saturated heterocycles. The Bertz CT molecular complexity index is 675. The summed E-state index contributed by atoms with van der Waals surface area (Å²) in [6.07, 6.45) is 2.82. The average Bonchev–Trinajstić information content (AvgIpc) is 2.88. The maximum atomic E-state index is 11.9. The van der Waals surface area contributed by atoms with Crippen molar-refractivity contribution in [2.45, 2.75) is 0 Å². The maximum Gasteiger partial charge on any atom is 0.253 e. The maximum absolute atomic E-state index is 11.9. The van der Waals surface area contributed by atoms with Crippen LogP contribution >= 0.6 is 0 Å². The molecule has 0 aliphatic rings. The van der Waals surface area contributed by atoms with Crippen LogP contribution in [0.5, 0.6) is 0 Å². The van der Waals surface area contributed by atoms with Crippen LogP contribution in [0.1, 0.15) is 20.7 Å². The number of nitrogen functional groups attached to an aromatic ring is 1. The molecule has 0 bridgehead atoms. The van der Waals surface area contributed by atoms with Crippen molar-refractivity contribution in [1.82, 2.24) is 14.7 Å². The van der Waals surface area contributed by atoms with Gasteiger partial charge >= 0.3 is 0 Å². The number of primary amides is 1. The van der Waals surface area contributed by atoms with Gasteiger partial charge in [-0.3, -0.25) is 9.59 Å². The van der Waals surface area contributed by atoms with E-state index in [2.05, 4.69) is 5.10 Å². The Labute approximate surface area is 115 Å². The van der Waals surface area contributed by atoms with Crippen molar-refractivity contribution < 1.29 is 9.59 Å². The van der Waals surface area contributed by atoms with Gasteiger partial charge in [0.05, 0.1) is 23.1 Å². The van der Waals surface area contributed by atoms with Crippen molar-refractivity contribution in [3.8, 4) is 5.69 Å². The SMILES string of the molecule is CN(C)C(=O)c1ccc(N)c(-n2cc(C(N)=O)cn2)c1. The highest BCUT2D eigenvalue weighted by atomic mass is 16.2. The molecule has 0 spiro atoms. The number of carbonyl (C=O) groups excluding carboxylic acids is 2. The first-order valence-corrected chi connectivity index (χ1v) is 5.86. The van der Waals surface area contributed by atoms with Crippen LogP contribution in [-0.4, -0.2) is 40.6 Å². The second-order valence-corrected chi connectivity index (χ2v) is 4.51. The third-order valence-corrected chi connectivity index (χ3v) is 2.80. The molecule has 0 aliphatic carbocycles. The number of nitrogens with two attached hydrogens (primary N) is 2. The molecule has 1 aromatic carbocycles. The van der Waals surface area contributed by atoms with Gasteiger partial charge in [0, 0.05) is 25.9 Å². The second-order valence-electron chi connectivity index (χ2n) is 4.51. The van der Waals surface area contributed by atoms with E-state index in [-0.39, 0.29) is 11.5 Å². The van der Waals surface area contributed by atoms with E-state index < -0.39 is 5.91 Å². The van der Waals surface area contributed by atoms with Crippen LogP contribution in [0.2, 0.25) is 0 Å². The van der Waals surface area contributed by atoms with E-state index in [0.29, 0.717) is 16.9 Å². The molecular weight excluding hydrogens is 258 g/mol. The molecule has 1 aromatic heterocycles. The monoisotopic (exact) mass is 273 g/mol. The first-order chi connectivity index (χ1) is 9.40. The van der Waals surface area contributed by atoms with Crippen molar-refractivity contribution in [3.63, 3.8) is 0 Å². The number of amides is 2. The Morgan fingerprint density at radius 2 is 1.95 bits per heavy atom. The van der Waals surface area contributed by atoms with Gasteiger partial charge in [-0.25, -0.2) is 4.68 Å². The van der Waals surface area contributed by atoms with Crippen molar-refractivity contribution >= 4 is 17.5 Å². The molecule has 0 aliphatic heterocycles. The predicted molar refractivity (Wildman–Crippen MR) is 74.5 cm³/mol. The second kappa shape index (κ2) is 5.04. The number of hydrogen-bond donors (Lipinski definition) is 2. The number of benzene rings is 1. The van der Waals surface area contributed by atoms with E-state index in [1.54, 1.807) is 32.3 Å².